The van der Waals surface area contributed by atoms with Crippen LogP contribution in [0.4, 0.5) is 17.1 Å². The first-order chi connectivity index (χ1) is 15.5. The largest absolute Gasteiger partial charge is 0.497 e. The van der Waals surface area contributed by atoms with Gasteiger partial charge < -0.3 is 20.4 Å². The van der Waals surface area contributed by atoms with E-state index in [9.17, 15) is 19.7 Å². The smallest absolute Gasteiger partial charge is 0.270 e. The van der Waals surface area contributed by atoms with Crippen LogP contribution < -0.4 is 15.4 Å². The second-order valence-electron chi connectivity index (χ2n) is 6.88. The van der Waals surface area contributed by atoms with Crippen molar-refractivity contribution in [3.8, 4) is 5.75 Å². The van der Waals surface area contributed by atoms with Gasteiger partial charge >= 0.3 is 0 Å². The Labute approximate surface area is 182 Å². The number of nitrogens with one attached hydrogen (secondary N) is 3. The molecule has 3 N–H and O–H groups in total. The molecule has 9 heteroatoms. The molecule has 32 heavy (non-hydrogen) atoms. The summed E-state index contributed by atoms with van der Waals surface area (Å²) in [6.45, 7) is 0. The summed E-state index contributed by atoms with van der Waals surface area (Å²) in [7, 11) is 1.53. The Kier molecular flexibility index (Phi) is 5.54. The minimum Gasteiger partial charge on any atom is -0.497 e. The highest BCUT2D eigenvalue weighted by atomic mass is 16.6. The first-order valence-corrected chi connectivity index (χ1v) is 9.57. The number of carbonyl (C=O) groups is 2. The fourth-order valence-corrected chi connectivity index (χ4v) is 3.29. The summed E-state index contributed by atoms with van der Waals surface area (Å²) in [6, 6.07) is 17.7. The number of aromatic amines is 1. The van der Waals surface area contributed by atoms with Crippen LogP contribution in [0, 0.1) is 10.1 Å². The molecule has 0 spiro atoms. The van der Waals surface area contributed by atoms with E-state index in [4.69, 9.17) is 4.74 Å². The maximum atomic E-state index is 12.9. The molecule has 1 heterocycles. The molecule has 0 radical (unpaired) electrons. The van der Waals surface area contributed by atoms with E-state index in [0.717, 1.165) is 0 Å². The van der Waals surface area contributed by atoms with Gasteiger partial charge in [0.1, 0.15) is 5.75 Å². The standard InChI is InChI=1S/C23H18N4O5/c1-32-16-6-4-5-14(11-16)25-22(28)17-7-2-3-8-21(17)26-23(29)19-13-24-20-10-9-15(27(30)31)12-18(19)20/h2-13,24H,1H3,(H,25,28)(H,26,29). The topological polar surface area (TPSA) is 126 Å². The summed E-state index contributed by atoms with van der Waals surface area (Å²) in [5, 5.41) is 17.0. The van der Waals surface area contributed by atoms with E-state index in [0.29, 0.717) is 28.0 Å². The van der Waals surface area contributed by atoms with Crippen LogP contribution in [0.3, 0.4) is 0 Å². The van der Waals surface area contributed by atoms with Gasteiger partial charge in [0.25, 0.3) is 17.5 Å². The normalized spacial score (nSPS) is 10.5. The molecule has 4 aromatic rings. The van der Waals surface area contributed by atoms with Crippen molar-refractivity contribution in [2.24, 2.45) is 0 Å². The number of nitrogens with zero attached hydrogens (tertiary/aromatic N) is 1. The molecule has 0 saturated heterocycles. The van der Waals surface area contributed by atoms with Gasteiger partial charge in [-0.25, -0.2) is 0 Å². The summed E-state index contributed by atoms with van der Waals surface area (Å²) >= 11 is 0. The van der Waals surface area contributed by atoms with Crippen molar-refractivity contribution >= 4 is 39.8 Å². The molecule has 0 bridgehead atoms. The first-order valence-electron chi connectivity index (χ1n) is 9.57. The van der Waals surface area contributed by atoms with Crippen LogP contribution in [0.5, 0.6) is 5.75 Å². The third-order valence-electron chi connectivity index (χ3n) is 4.87. The quantitative estimate of drug-likeness (QED) is 0.305. The third kappa shape index (κ3) is 4.12. The zero-order chi connectivity index (χ0) is 22.7. The highest BCUT2D eigenvalue weighted by molar-refractivity contribution is 6.16. The van der Waals surface area contributed by atoms with Crippen molar-refractivity contribution in [2.75, 3.05) is 17.7 Å². The third-order valence-corrected chi connectivity index (χ3v) is 4.87. The number of anilines is 2. The molecule has 4 rings (SSSR count). The Hall–Kier alpha value is -4.66. The van der Waals surface area contributed by atoms with Crippen LogP contribution in [0.2, 0.25) is 0 Å². The SMILES string of the molecule is COc1cccc(NC(=O)c2ccccc2NC(=O)c2c[nH]c3ccc([N+](=O)[O-])cc23)c1. The van der Waals surface area contributed by atoms with Crippen LogP contribution in [-0.2, 0) is 0 Å². The predicted octanol–water partition coefficient (Wildman–Crippen LogP) is 4.59. The van der Waals surface area contributed by atoms with Crippen molar-refractivity contribution < 1.29 is 19.2 Å². The number of hydrogen-bond donors (Lipinski definition) is 3. The first kappa shape index (κ1) is 20.6. The Morgan fingerprint density at radius 1 is 0.938 bits per heavy atom. The molecule has 160 valence electrons. The minimum atomic E-state index is -0.521. The van der Waals surface area contributed by atoms with Gasteiger partial charge in [-0.15, -0.1) is 0 Å². The van der Waals surface area contributed by atoms with Crippen molar-refractivity contribution in [3.05, 3.63) is 94.2 Å². The van der Waals surface area contributed by atoms with E-state index in [1.165, 1.54) is 25.4 Å². The van der Waals surface area contributed by atoms with E-state index >= 15 is 0 Å². The van der Waals surface area contributed by atoms with E-state index in [-0.39, 0.29) is 16.8 Å². The number of ether oxygens (including phenoxy) is 1. The van der Waals surface area contributed by atoms with Crippen molar-refractivity contribution in [2.45, 2.75) is 0 Å². The second-order valence-corrected chi connectivity index (χ2v) is 6.88. The van der Waals surface area contributed by atoms with Crippen LogP contribution >= 0.6 is 0 Å². The lowest BCUT2D eigenvalue weighted by molar-refractivity contribution is -0.384. The molecule has 0 aliphatic heterocycles. The number of fused-ring (bicyclic) bond motifs is 1. The Morgan fingerprint density at radius 2 is 1.72 bits per heavy atom. The van der Waals surface area contributed by atoms with Gasteiger partial charge in [-0.1, -0.05) is 18.2 Å². The average Bonchev–Trinajstić information content (AvgIpc) is 3.23. The predicted molar refractivity (Wildman–Crippen MR) is 120 cm³/mol. The lowest BCUT2D eigenvalue weighted by atomic mass is 10.1. The number of benzene rings is 3. The van der Waals surface area contributed by atoms with Gasteiger partial charge in [0.05, 0.1) is 28.8 Å². The molecule has 0 saturated carbocycles. The summed E-state index contributed by atoms with van der Waals surface area (Å²) in [4.78, 5) is 39.3. The number of amides is 2. The molecule has 3 aromatic carbocycles. The van der Waals surface area contributed by atoms with Gasteiger partial charge in [-0.2, -0.15) is 0 Å². The molecule has 9 nitrogen and oxygen atoms in total. The fraction of sp³-hybridized carbons (Fsp3) is 0.0435. The molecule has 0 fully saturated rings. The summed E-state index contributed by atoms with van der Waals surface area (Å²) in [5.74, 6) is -0.320. The van der Waals surface area contributed by atoms with Crippen molar-refractivity contribution in [1.82, 2.24) is 4.98 Å². The molecular weight excluding hydrogens is 412 g/mol. The number of nitro benzene ring substituents is 1. The van der Waals surface area contributed by atoms with Crippen LogP contribution in [0.25, 0.3) is 10.9 Å². The van der Waals surface area contributed by atoms with E-state index in [1.807, 2.05) is 0 Å². The maximum Gasteiger partial charge on any atom is 0.270 e. The monoisotopic (exact) mass is 430 g/mol. The van der Waals surface area contributed by atoms with Gasteiger partial charge in [0, 0.05) is 41.0 Å². The molecule has 2 amide bonds. The Balaban J connectivity index is 1.60. The van der Waals surface area contributed by atoms with E-state index in [2.05, 4.69) is 15.6 Å². The zero-order valence-electron chi connectivity index (χ0n) is 16.9. The number of methoxy groups -OCH3 is 1. The lowest BCUT2D eigenvalue weighted by Gasteiger charge is -2.12. The summed E-state index contributed by atoms with van der Waals surface area (Å²) in [6.07, 6.45) is 1.47. The molecule has 1 aromatic heterocycles. The zero-order valence-corrected chi connectivity index (χ0v) is 16.9. The minimum absolute atomic E-state index is 0.121. The van der Waals surface area contributed by atoms with Crippen molar-refractivity contribution in [1.29, 1.82) is 0 Å². The highest BCUT2D eigenvalue weighted by Gasteiger charge is 2.18. The maximum absolute atomic E-state index is 12.9. The number of non-ortho nitro benzene ring substituents is 1. The number of H-pyrrole nitrogens is 1. The van der Waals surface area contributed by atoms with Crippen LogP contribution in [-0.4, -0.2) is 28.8 Å². The van der Waals surface area contributed by atoms with E-state index < -0.39 is 16.7 Å². The lowest BCUT2D eigenvalue weighted by Crippen LogP contribution is -2.18. The Bertz CT molecular complexity index is 1350. The molecular formula is C23H18N4O5. The second kappa shape index (κ2) is 8.60. The van der Waals surface area contributed by atoms with Gasteiger partial charge in [0.2, 0.25) is 0 Å². The van der Waals surface area contributed by atoms with E-state index in [1.54, 1.807) is 54.6 Å². The number of aromatic nitrogens is 1. The fourth-order valence-electron chi connectivity index (χ4n) is 3.29. The van der Waals surface area contributed by atoms with Gasteiger partial charge in [-0.3, -0.25) is 19.7 Å². The van der Waals surface area contributed by atoms with Crippen LogP contribution in [0.15, 0.2) is 72.9 Å². The molecule has 0 aliphatic rings. The number of para-hydroxylation sites is 1. The van der Waals surface area contributed by atoms with Gasteiger partial charge in [0.15, 0.2) is 0 Å². The summed E-state index contributed by atoms with van der Waals surface area (Å²) < 4.78 is 5.16. The highest BCUT2D eigenvalue weighted by Crippen LogP contribution is 2.26. The number of hydrogen-bond acceptors (Lipinski definition) is 5. The Morgan fingerprint density at radius 3 is 2.50 bits per heavy atom. The molecule has 0 aliphatic carbocycles. The number of nitro groups is 1. The average molecular weight is 430 g/mol. The van der Waals surface area contributed by atoms with Gasteiger partial charge in [-0.05, 0) is 30.3 Å². The van der Waals surface area contributed by atoms with Crippen LogP contribution in [0.1, 0.15) is 20.7 Å². The number of rotatable bonds is 6. The molecule has 0 unspecified atom stereocenters. The molecule has 0 atom stereocenters. The number of carbonyl (C=O) groups excluding carboxylic acids is 2. The van der Waals surface area contributed by atoms with Crippen molar-refractivity contribution in [3.63, 3.8) is 0 Å². The summed E-state index contributed by atoms with van der Waals surface area (Å²) in [5.41, 5.74) is 1.80.